The van der Waals surface area contributed by atoms with Crippen LogP contribution in [0.3, 0.4) is 0 Å². The molecule has 0 radical (unpaired) electrons. The van der Waals surface area contributed by atoms with Gasteiger partial charge < -0.3 is 15.4 Å². The predicted molar refractivity (Wildman–Crippen MR) is 69.6 cm³/mol. The molecule has 0 amide bonds. The summed E-state index contributed by atoms with van der Waals surface area (Å²) in [6, 6.07) is 1.44. The van der Waals surface area contributed by atoms with E-state index in [9.17, 15) is 4.39 Å². The van der Waals surface area contributed by atoms with Gasteiger partial charge in [-0.3, -0.25) is 0 Å². The van der Waals surface area contributed by atoms with E-state index >= 15 is 0 Å². The van der Waals surface area contributed by atoms with Crippen LogP contribution in [0.2, 0.25) is 0 Å². The molecule has 98 valence electrons. The molecule has 17 heavy (non-hydrogen) atoms. The zero-order valence-corrected chi connectivity index (χ0v) is 10.9. The molecule has 1 aromatic rings. The fourth-order valence-electron chi connectivity index (χ4n) is 1.59. The number of hydrogen-bond donors (Lipinski definition) is 1. The van der Waals surface area contributed by atoms with Crippen molar-refractivity contribution in [3.63, 3.8) is 0 Å². The number of hydrogen-bond acceptors (Lipinski definition) is 4. The zero-order valence-electron chi connectivity index (χ0n) is 9.26. The van der Waals surface area contributed by atoms with Gasteiger partial charge in [-0.05, 0) is 11.6 Å². The zero-order chi connectivity index (χ0) is 10.7. The van der Waals surface area contributed by atoms with Gasteiger partial charge in [0.05, 0.1) is 13.2 Å². The van der Waals surface area contributed by atoms with Crippen LogP contribution in [0.5, 0.6) is 0 Å². The van der Waals surface area contributed by atoms with E-state index < -0.39 is 0 Å². The van der Waals surface area contributed by atoms with Gasteiger partial charge in [0, 0.05) is 25.8 Å². The van der Waals surface area contributed by atoms with E-state index in [0.717, 1.165) is 0 Å². The summed E-state index contributed by atoms with van der Waals surface area (Å²) in [6.45, 7) is 2.94. The van der Waals surface area contributed by atoms with Crippen molar-refractivity contribution in [2.75, 3.05) is 31.2 Å². The van der Waals surface area contributed by atoms with E-state index in [-0.39, 0.29) is 30.6 Å². The fraction of sp³-hybridized carbons (Fsp3) is 0.500. The van der Waals surface area contributed by atoms with Crippen molar-refractivity contribution < 1.29 is 9.13 Å². The highest BCUT2D eigenvalue weighted by atomic mass is 35.5. The number of nitrogens with zero attached hydrogens (tertiary/aromatic N) is 2. The summed E-state index contributed by atoms with van der Waals surface area (Å²) in [5, 5.41) is 0. The molecule has 0 aliphatic carbocycles. The van der Waals surface area contributed by atoms with E-state index in [2.05, 4.69) is 4.98 Å². The SMILES string of the molecule is Cl.Cl.NCc1cnc(N2CCOCC2)c(F)c1. The number of ether oxygens (including phenoxy) is 1. The van der Waals surface area contributed by atoms with Crippen molar-refractivity contribution in [3.05, 3.63) is 23.6 Å². The Morgan fingerprint density at radius 1 is 1.35 bits per heavy atom. The van der Waals surface area contributed by atoms with Crippen molar-refractivity contribution in [1.29, 1.82) is 0 Å². The number of rotatable bonds is 2. The summed E-state index contributed by atoms with van der Waals surface area (Å²) in [5.41, 5.74) is 6.12. The van der Waals surface area contributed by atoms with E-state index in [1.165, 1.54) is 6.07 Å². The van der Waals surface area contributed by atoms with Crippen LogP contribution in [0.25, 0.3) is 0 Å². The third kappa shape index (κ3) is 3.96. The van der Waals surface area contributed by atoms with Crippen molar-refractivity contribution >= 4 is 30.6 Å². The molecule has 2 N–H and O–H groups in total. The molecule has 4 nitrogen and oxygen atoms in total. The lowest BCUT2D eigenvalue weighted by molar-refractivity contribution is 0.122. The Labute approximate surface area is 112 Å². The highest BCUT2D eigenvalue weighted by Crippen LogP contribution is 2.17. The third-order valence-electron chi connectivity index (χ3n) is 2.42. The molecule has 0 aromatic carbocycles. The lowest BCUT2D eigenvalue weighted by Gasteiger charge is -2.28. The fourth-order valence-corrected chi connectivity index (χ4v) is 1.59. The molecule has 7 heteroatoms. The Morgan fingerprint density at radius 3 is 2.53 bits per heavy atom. The maximum Gasteiger partial charge on any atom is 0.165 e. The lowest BCUT2D eigenvalue weighted by atomic mass is 10.2. The predicted octanol–water partition coefficient (Wildman–Crippen LogP) is 1.36. The van der Waals surface area contributed by atoms with Gasteiger partial charge in [0.25, 0.3) is 0 Å². The normalized spacial score (nSPS) is 14.8. The van der Waals surface area contributed by atoms with E-state index in [1.807, 2.05) is 4.90 Å². The minimum atomic E-state index is -0.306. The molecule has 1 aromatic heterocycles. The average molecular weight is 284 g/mol. The quantitative estimate of drug-likeness (QED) is 0.891. The monoisotopic (exact) mass is 283 g/mol. The first-order valence-electron chi connectivity index (χ1n) is 4.98. The van der Waals surface area contributed by atoms with Crippen LogP contribution < -0.4 is 10.6 Å². The summed E-state index contributed by atoms with van der Waals surface area (Å²) in [5.74, 6) is 0.0929. The molecule has 0 saturated carbocycles. The van der Waals surface area contributed by atoms with Gasteiger partial charge >= 0.3 is 0 Å². The second kappa shape index (κ2) is 7.66. The smallest absolute Gasteiger partial charge is 0.165 e. The van der Waals surface area contributed by atoms with E-state index in [4.69, 9.17) is 10.5 Å². The van der Waals surface area contributed by atoms with Crippen molar-refractivity contribution in [3.8, 4) is 0 Å². The molecule has 0 bridgehead atoms. The molecule has 0 atom stereocenters. The van der Waals surface area contributed by atoms with Crippen LogP contribution in [0.15, 0.2) is 12.3 Å². The second-order valence-electron chi connectivity index (χ2n) is 3.45. The first-order chi connectivity index (χ1) is 7.31. The summed E-state index contributed by atoms with van der Waals surface area (Å²) in [4.78, 5) is 5.98. The van der Waals surface area contributed by atoms with Crippen LogP contribution in [-0.4, -0.2) is 31.3 Å². The lowest BCUT2D eigenvalue weighted by Crippen LogP contribution is -2.37. The Balaban J connectivity index is 0.00000128. The maximum absolute atomic E-state index is 13.6. The van der Waals surface area contributed by atoms with E-state index in [1.54, 1.807) is 6.20 Å². The number of halogens is 3. The molecule has 1 aliphatic heterocycles. The molecular weight excluding hydrogens is 268 g/mol. The first-order valence-corrected chi connectivity index (χ1v) is 4.98. The molecule has 1 aliphatic rings. The van der Waals surface area contributed by atoms with Crippen molar-refractivity contribution in [1.82, 2.24) is 4.98 Å². The molecule has 2 heterocycles. The van der Waals surface area contributed by atoms with Crippen LogP contribution in [0, 0.1) is 5.82 Å². The van der Waals surface area contributed by atoms with Gasteiger partial charge in [-0.2, -0.15) is 0 Å². The third-order valence-corrected chi connectivity index (χ3v) is 2.42. The van der Waals surface area contributed by atoms with Gasteiger partial charge in [0.15, 0.2) is 11.6 Å². The topological polar surface area (TPSA) is 51.4 Å². The summed E-state index contributed by atoms with van der Waals surface area (Å²) in [7, 11) is 0. The number of morpholine rings is 1. The minimum absolute atomic E-state index is 0. The number of pyridine rings is 1. The van der Waals surface area contributed by atoms with Crippen LogP contribution >= 0.6 is 24.8 Å². The largest absolute Gasteiger partial charge is 0.378 e. The highest BCUT2D eigenvalue weighted by Gasteiger charge is 2.16. The second-order valence-corrected chi connectivity index (χ2v) is 3.45. The van der Waals surface area contributed by atoms with Gasteiger partial charge in [-0.25, -0.2) is 9.37 Å². The average Bonchev–Trinajstić information content (AvgIpc) is 2.30. The van der Waals surface area contributed by atoms with Crippen LogP contribution in [-0.2, 0) is 11.3 Å². The molecule has 2 rings (SSSR count). The number of nitrogens with two attached hydrogens (primary N) is 1. The molecule has 0 spiro atoms. The van der Waals surface area contributed by atoms with Gasteiger partial charge in [0.2, 0.25) is 0 Å². The van der Waals surface area contributed by atoms with Gasteiger partial charge in [-0.15, -0.1) is 24.8 Å². The molecule has 1 fully saturated rings. The van der Waals surface area contributed by atoms with Crippen molar-refractivity contribution in [2.45, 2.75) is 6.54 Å². The summed E-state index contributed by atoms with van der Waals surface area (Å²) < 4.78 is 18.8. The number of anilines is 1. The summed E-state index contributed by atoms with van der Waals surface area (Å²) in [6.07, 6.45) is 1.62. The van der Waals surface area contributed by atoms with Crippen LogP contribution in [0.1, 0.15) is 5.56 Å². The Morgan fingerprint density at radius 2 is 2.00 bits per heavy atom. The summed E-state index contributed by atoms with van der Waals surface area (Å²) >= 11 is 0. The standard InChI is InChI=1S/C10H14FN3O.2ClH/c11-9-5-8(6-12)7-13-10(9)14-1-3-15-4-2-14;;/h5,7H,1-4,6,12H2;2*1H. The number of aromatic nitrogens is 1. The Kier molecular flexibility index (Phi) is 7.38. The highest BCUT2D eigenvalue weighted by molar-refractivity contribution is 5.85. The minimum Gasteiger partial charge on any atom is -0.378 e. The molecule has 1 saturated heterocycles. The maximum atomic E-state index is 13.6. The Bertz CT molecular complexity index is 348. The van der Waals surface area contributed by atoms with Crippen molar-refractivity contribution in [2.24, 2.45) is 5.73 Å². The molecular formula is C10H16Cl2FN3O. The van der Waals surface area contributed by atoms with Gasteiger partial charge in [0.1, 0.15) is 0 Å². The molecule has 0 unspecified atom stereocenters. The van der Waals surface area contributed by atoms with Crippen LogP contribution in [0.4, 0.5) is 10.2 Å². The Hall–Kier alpha value is -0.620. The first kappa shape index (κ1) is 16.4. The van der Waals surface area contributed by atoms with E-state index in [0.29, 0.717) is 44.2 Å². The van der Waals surface area contributed by atoms with Gasteiger partial charge in [-0.1, -0.05) is 0 Å².